The fraction of sp³-hybridized carbons (Fsp3) is 0.625. The maximum Gasteiger partial charge on any atom is 0.308 e. The molecular weight excluding hydrogens is 805 g/mol. The third kappa shape index (κ3) is 16.0. The summed E-state index contributed by atoms with van der Waals surface area (Å²) in [6.45, 7) is 10.3. The lowest BCUT2D eigenvalue weighted by molar-refractivity contribution is -0.184. The maximum atomic E-state index is 13.6. The highest BCUT2D eigenvalue weighted by Gasteiger charge is 2.48. The van der Waals surface area contributed by atoms with Crippen molar-refractivity contribution in [2.24, 2.45) is 46.0 Å². The number of hydrogen-bond acceptors (Lipinski definition) is 9. The van der Waals surface area contributed by atoms with E-state index in [2.05, 4.69) is 19.2 Å². The largest absolute Gasteiger partial charge is 0.481 e. The minimum Gasteiger partial charge on any atom is -0.481 e. The van der Waals surface area contributed by atoms with Gasteiger partial charge in [-0.2, -0.15) is 0 Å². The molecule has 15 nitrogen and oxygen atoms in total. The van der Waals surface area contributed by atoms with Crippen molar-refractivity contribution >= 4 is 36.5 Å². The lowest BCUT2D eigenvalue weighted by Gasteiger charge is -2.34. The number of carboxylic acids is 1. The molecule has 0 aromatic heterocycles. The Labute approximate surface area is 373 Å². The minimum atomic E-state index is -0.859. The van der Waals surface area contributed by atoms with Crippen LogP contribution in [0.15, 0.2) is 60.7 Å². The molecule has 0 unspecified atom stereocenters. The first-order valence-corrected chi connectivity index (χ1v) is 22.7. The minimum absolute atomic E-state index is 0.0475. The van der Waals surface area contributed by atoms with Gasteiger partial charge in [-0.1, -0.05) is 140 Å². The molecule has 2 heterocycles. The molecule has 4 fully saturated rings. The van der Waals surface area contributed by atoms with E-state index in [-0.39, 0.29) is 55.0 Å². The number of carboxylic acid groups (broad SMARTS) is 1. The van der Waals surface area contributed by atoms with E-state index in [1.165, 1.54) is 30.7 Å². The van der Waals surface area contributed by atoms with E-state index in [4.69, 9.17) is 21.1 Å². The Balaban J connectivity index is 0.000000235. The van der Waals surface area contributed by atoms with Crippen molar-refractivity contribution in [2.45, 2.75) is 130 Å². The molecule has 2 aliphatic carbocycles. The Morgan fingerprint density at radius 1 is 0.730 bits per heavy atom. The van der Waals surface area contributed by atoms with E-state index in [0.717, 1.165) is 61.3 Å². The number of hydroxylamine groups is 4. The van der Waals surface area contributed by atoms with E-state index < -0.39 is 29.8 Å². The Morgan fingerprint density at radius 2 is 1.19 bits per heavy atom. The summed E-state index contributed by atoms with van der Waals surface area (Å²) in [5.41, 5.74) is 12.4. The van der Waals surface area contributed by atoms with Gasteiger partial charge in [0.15, 0.2) is 0 Å². The van der Waals surface area contributed by atoms with Crippen molar-refractivity contribution in [1.82, 2.24) is 20.3 Å². The number of amides is 5. The van der Waals surface area contributed by atoms with Gasteiger partial charge in [-0.25, -0.2) is 10.1 Å². The SMILES string of the molecule is CC1(C)CCN(C(=O)[C@H](CC2CCCC2)CN(C=O)OCc2ccccc2)[C@@H]1C(N)=O.CC1(C)CCN[C@@H]1C(N)=O.O=CN(C[C@@H](CC1CCCC1)C(=O)O)OCc1ccccc1. The molecule has 0 spiro atoms. The Hall–Kier alpha value is -4.86. The third-order valence-electron chi connectivity index (χ3n) is 13.2. The lowest BCUT2D eigenvalue weighted by atomic mass is 9.84. The highest BCUT2D eigenvalue weighted by molar-refractivity contribution is 5.89. The molecule has 2 aromatic rings. The van der Waals surface area contributed by atoms with Crippen LogP contribution < -0.4 is 16.8 Å². The molecule has 5 amide bonds. The normalized spacial score (nSPS) is 21.2. The van der Waals surface area contributed by atoms with E-state index in [1.807, 2.05) is 74.5 Å². The zero-order valence-corrected chi connectivity index (χ0v) is 37.8. The number of likely N-dealkylation sites (tertiary alicyclic amines) is 1. The predicted octanol–water partition coefficient (Wildman–Crippen LogP) is 5.60. The van der Waals surface area contributed by atoms with Crippen molar-refractivity contribution in [2.75, 3.05) is 26.2 Å². The van der Waals surface area contributed by atoms with Crippen LogP contribution in [-0.4, -0.2) is 94.9 Å². The summed E-state index contributed by atoms with van der Waals surface area (Å²) in [6.07, 6.45) is 13.4. The number of benzene rings is 2. The van der Waals surface area contributed by atoms with Gasteiger partial charge < -0.3 is 26.8 Å². The number of carbonyl (C=O) groups is 6. The zero-order valence-electron chi connectivity index (χ0n) is 37.8. The van der Waals surface area contributed by atoms with Crippen LogP contribution in [0.1, 0.15) is 116 Å². The number of nitrogens with two attached hydrogens (primary N) is 2. The molecule has 2 saturated carbocycles. The van der Waals surface area contributed by atoms with Gasteiger partial charge in [-0.3, -0.25) is 38.4 Å². The summed E-state index contributed by atoms with van der Waals surface area (Å²) >= 11 is 0. The number of carbonyl (C=O) groups excluding carboxylic acids is 5. The molecule has 15 heteroatoms. The average molecular weight is 877 g/mol. The second-order valence-corrected chi connectivity index (χ2v) is 19.0. The van der Waals surface area contributed by atoms with Gasteiger partial charge in [-0.15, -0.1) is 0 Å². The van der Waals surface area contributed by atoms with Gasteiger partial charge in [0.05, 0.1) is 31.0 Å². The summed E-state index contributed by atoms with van der Waals surface area (Å²) in [4.78, 5) is 83.6. The van der Waals surface area contributed by atoms with Crippen LogP contribution in [0.25, 0.3) is 0 Å². The number of rotatable bonds is 20. The summed E-state index contributed by atoms with van der Waals surface area (Å²) in [7, 11) is 0. The van der Waals surface area contributed by atoms with Crippen molar-refractivity contribution in [1.29, 1.82) is 0 Å². The molecule has 2 saturated heterocycles. The third-order valence-corrected chi connectivity index (χ3v) is 13.2. The first-order chi connectivity index (χ1) is 30.0. The highest BCUT2D eigenvalue weighted by Crippen LogP contribution is 2.39. The van der Waals surface area contributed by atoms with E-state index in [0.29, 0.717) is 44.0 Å². The van der Waals surface area contributed by atoms with Gasteiger partial charge in [-0.05, 0) is 66.0 Å². The van der Waals surface area contributed by atoms with Crippen LogP contribution in [0.2, 0.25) is 0 Å². The molecule has 6 N–H and O–H groups in total. The molecule has 0 bridgehead atoms. The standard InChI is InChI=1S/C24H35N3O4.C17H23NO4.C7H14N2O/c1-24(2)12-13-27(21(24)22(25)29)23(30)20(14-18-8-6-7-9-18)15-26(17-28)31-16-19-10-4-3-5-11-19;19-13-18(22-12-15-8-2-1-3-9-15)11-16(17(20)21)10-14-6-4-5-7-14;1-7(2)3-4-9-5(7)6(8)10/h3-5,10-11,17-18,20-21H,6-9,12-16H2,1-2H3,(H2,25,29);1-3,8-9,13-14,16H,4-7,10-12H2,(H,20,21);5,9H,3-4H2,1-2H3,(H2,8,10)/t20-,21-;16-;5-/m111/s1. The first-order valence-electron chi connectivity index (χ1n) is 22.7. The molecule has 6 rings (SSSR count). The second-order valence-electron chi connectivity index (χ2n) is 19.0. The summed E-state index contributed by atoms with van der Waals surface area (Å²) in [5.74, 6) is -1.73. The van der Waals surface area contributed by atoms with Crippen molar-refractivity contribution < 1.29 is 43.5 Å². The lowest BCUT2D eigenvalue weighted by Crippen LogP contribution is -2.52. The van der Waals surface area contributed by atoms with E-state index >= 15 is 0 Å². The van der Waals surface area contributed by atoms with Crippen molar-refractivity contribution in [3.8, 4) is 0 Å². The average Bonchev–Trinajstić information content (AvgIpc) is 4.09. The molecule has 2 aliphatic heterocycles. The highest BCUT2D eigenvalue weighted by atomic mass is 16.7. The van der Waals surface area contributed by atoms with Crippen LogP contribution in [-0.2, 0) is 51.7 Å². The number of aliphatic carboxylic acids is 1. The van der Waals surface area contributed by atoms with Gasteiger partial charge in [0, 0.05) is 6.54 Å². The monoisotopic (exact) mass is 877 g/mol. The van der Waals surface area contributed by atoms with Crippen molar-refractivity contribution in [3.05, 3.63) is 71.8 Å². The Morgan fingerprint density at radius 3 is 1.57 bits per heavy atom. The molecule has 348 valence electrons. The molecule has 2 aromatic carbocycles. The number of nitrogens with zero attached hydrogens (tertiary/aromatic N) is 3. The molecular formula is C48H72N6O9. The predicted molar refractivity (Wildman–Crippen MR) is 238 cm³/mol. The molecule has 63 heavy (non-hydrogen) atoms. The number of primary amides is 2. The molecule has 4 atom stereocenters. The molecule has 0 radical (unpaired) electrons. The maximum absolute atomic E-state index is 13.6. The van der Waals surface area contributed by atoms with Crippen molar-refractivity contribution in [3.63, 3.8) is 0 Å². The van der Waals surface area contributed by atoms with Crippen LogP contribution >= 0.6 is 0 Å². The van der Waals surface area contributed by atoms with Gasteiger partial charge in [0.25, 0.3) is 0 Å². The summed E-state index contributed by atoms with van der Waals surface area (Å²) < 4.78 is 0. The topological polar surface area (TPSA) is 215 Å². The fourth-order valence-electron chi connectivity index (χ4n) is 9.51. The van der Waals surface area contributed by atoms with Crippen LogP contribution in [0.5, 0.6) is 0 Å². The number of hydrogen-bond donors (Lipinski definition) is 4. The van der Waals surface area contributed by atoms with E-state index in [9.17, 15) is 33.9 Å². The van der Waals surface area contributed by atoms with Crippen LogP contribution in [0.3, 0.4) is 0 Å². The smallest absolute Gasteiger partial charge is 0.308 e. The Bertz CT molecular complexity index is 1750. The number of nitrogens with one attached hydrogen (secondary N) is 1. The quantitative estimate of drug-likeness (QED) is 0.0954. The van der Waals surface area contributed by atoms with Gasteiger partial charge in [0.1, 0.15) is 19.3 Å². The first kappa shape index (κ1) is 50.8. The van der Waals surface area contributed by atoms with Crippen LogP contribution in [0, 0.1) is 34.5 Å². The zero-order chi connectivity index (χ0) is 46.0. The van der Waals surface area contributed by atoms with Crippen LogP contribution in [0.4, 0.5) is 0 Å². The summed E-state index contributed by atoms with van der Waals surface area (Å²) in [5, 5.41) is 14.8. The van der Waals surface area contributed by atoms with E-state index in [1.54, 1.807) is 4.90 Å². The fourth-order valence-corrected chi connectivity index (χ4v) is 9.51. The Kier molecular flexibility index (Phi) is 20.0. The second kappa shape index (κ2) is 24.8. The summed E-state index contributed by atoms with van der Waals surface area (Å²) in [6, 6.07) is 18.3. The van der Waals surface area contributed by atoms with Gasteiger partial charge in [0.2, 0.25) is 30.5 Å². The molecule has 4 aliphatic rings. The van der Waals surface area contributed by atoms with Gasteiger partial charge >= 0.3 is 5.97 Å².